The first-order chi connectivity index (χ1) is 15.5. The second-order valence-electron chi connectivity index (χ2n) is 6.93. The summed E-state index contributed by atoms with van der Waals surface area (Å²) in [5.41, 5.74) is 3.02. The van der Waals surface area contributed by atoms with E-state index in [2.05, 4.69) is 15.6 Å². The second-order valence-corrected chi connectivity index (χ2v) is 7.29. The molecule has 0 aliphatic carbocycles. The van der Waals surface area contributed by atoms with E-state index in [-0.39, 0.29) is 18.4 Å². The van der Waals surface area contributed by atoms with Crippen molar-refractivity contribution in [1.29, 1.82) is 0 Å². The van der Waals surface area contributed by atoms with Crippen LogP contribution in [-0.4, -0.2) is 21.2 Å². The first-order valence-corrected chi connectivity index (χ1v) is 10.1. The van der Waals surface area contributed by atoms with Crippen LogP contribution in [0.1, 0.15) is 21.6 Å². The molecule has 2 amide bonds. The van der Waals surface area contributed by atoms with Crippen LogP contribution in [0.15, 0.2) is 79.0 Å². The van der Waals surface area contributed by atoms with Crippen LogP contribution in [0.5, 0.6) is 0 Å². The van der Waals surface area contributed by atoms with Crippen molar-refractivity contribution >= 4 is 40.8 Å². The maximum absolute atomic E-state index is 13.0. The van der Waals surface area contributed by atoms with Crippen molar-refractivity contribution in [2.75, 3.05) is 5.32 Å². The Bertz CT molecular complexity index is 1320. The summed E-state index contributed by atoms with van der Waals surface area (Å²) in [6, 6.07) is 17.9. The Morgan fingerprint density at radius 2 is 1.88 bits per heavy atom. The van der Waals surface area contributed by atoms with E-state index in [0.717, 1.165) is 5.56 Å². The van der Waals surface area contributed by atoms with Gasteiger partial charge < -0.3 is 10.6 Å². The molecule has 4 rings (SSSR count). The van der Waals surface area contributed by atoms with Crippen molar-refractivity contribution in [2.24, 2.45) is 0 Å². The molecular formula is C24H18ClFN4O2. The van der Waals surface area contributed by atoms with E-state index in [1.54, 1.807) is 28.7 Å². The number of amides is 2. The zero-order valence-corrected chi connectivity index (χ0v) is 17.5. The SMILES string of the molecule is O=C(/C=C/c1c(Cl)nc2ccccn12)NCc1cccc(NC(=O)c2ccc(F)cc2)c1. The lowest BCUT2D eigenvalue weighted by atomic mass is 10.1. The smallest absolute Gasteiger partial charge is 0.255 e. The molecule has 0 radical (unpaired) electrons. The topological polar surface area (TPSA) is 75.5 Å². The summed E-state index contributed by atoms with van der Waals surface area (Å²) in [5, 5.41) is 5.86. The summed E-state index contributed by atoms with van der Waals surface area (Å²) < 4.78 is 14.8. The van der Waals surface area contributed by atoms with Gasteiger partial charge >= 0.3 is 0 Å². The fourth-order valence-electron chi connectivity index (χ4n) is 3.10. The number of nitrogens with zero attached hydrogens (tertiary/aromatic N) is 2. The van der Waals surface area contributed by atoms with Crippen molar-refractivity contribution < 1.29 is 14.0 Å². The van der Waals surface area contributed by atoms with Crippen molar-refractivity contribution in [2.45, 2.75) is 6.54 Å². The average Bonchev–Trinajstić information content (AvgIpc) is 3.12. The van der Waals surface area contributed by atoms with E-state index < -0.39 is 5.82 Å². The number of pyridine rings is 1. The number of fused-ring (bicyclic) bond motifs is 1. The van der Waals surface area contributed by atoms with Crippen LogP contribution >= 0.6 is 11.6 Å². The lowest BCUT2D eigenvalue weighted by molar-refractivity contribution is -0.116. The summed E-state index contributed by atoms with van der Waals surface area (Å²) in [6.45, 7) is 0.268. The molecule has 2 N–H and O–H groups in total. The average molecular weight is 449 g/mol. The maximum Gasteiger partial charge on any atom is 0.255 e. The zero-order valence-electron chi connectivity index (χ0n) is 16.8. The first-order valence-electron chi connectivity index (χ1n) is 9.74. The van der Waals surface area contributed by atoms with Gasteiger partial charge in [0.05, 0.1) is 5.69 Å². The molecule has 0 saturated heterocycles. The molecule has 0 aliphatic rings. The summed E-state index contributed by atoms with van der Waals surface area (Å²) in [7, 11) is 0. The van der Waals surface area contributed by atoms with Gasteiger partial charge in [-0.15, -0.1) is 0 Å². The number of carbonyl (C=O) groups excluding carboxylic acids is 2. The minimum Gasteiger partial charge on any atom is -0.348 e. The lowest BCUT2D eigenvalue weighted by Crippen LogP contribution is -2.20. The molecule has 160 valence electrons. The number of rotatable bonds is 6. The number of aromatic nitrogens is 2. The number of anilines is 1. The number of nitrogens with one attached hydrogen (secondary N) is 2. The van der Waals surface area contributed by atoms with Gasteiger partial charge in [-0.2, -0.15) is 0 Å². The van der Waals surface area contributed by atoms with Gasteiger partial charge in [-0.1, -0.05) is 29.8 Å². The fourth-order valence-corrected chi connectivity index (χ4v) is 3.34. The molecule has 8 heteroatoms. The molecular weight excluding hydrogens is 431 g/mol. The molecule has 2 aromatic carbocycles. The van der Waals surface area contributed by atoms with Crippen LogP contribution in [-0.2, 0) is 11.3 Å². The Labute approximate surface area is 188 Å². The van der Waals surface area contributed by atoms with Crippen LogP contribution in [0.2, 0.25) is 5.15 Å². The van der Waals surface area contributed by atoms with E-state index in [4.69, 9.17) is 11.6 Å². The molecule has 2 aromatic heterocycles. The van der Waals surface area contributed by atoms with Crippen molar-refractivity contribution in [3.05, 3.63) is 107 Å². The largest absolute Gasteiger partial charge is 0.348 e. The highest BCUT2D eigenvalue weighted by molar-refractivity contribution is 6.31. The molecule has 0 bridgehead atoms. The van der Waals surface area contributed by atoms with E-state index in [1.807, 2.05) is 30.5 Å². The molecule has 2 heterocycles. The molecule has 0 fully saturated rings. The van der Waals surface area contributed by atoms with Gasteiger partial charge in [-0.3, -0.25) is 14.0 Å². The normalized spacial score (nSPS) is 11.1. The molecule has 0 unspecified atom stereocenters. The minimum absolute atomic E-state index is 0.268. The van der Waals surface area contributed by atoms with Crippen LogP contribution < -0.4 is 10.6 Å². The molecule has 0 spiro atoms. The molecule has 4 aromatic rings. The monoisotopic (exact) mass is 448 g/mol. The highest BCUT2D eigenvalue weighted by atomic mass is 35.5. The van der Waals surface area contributed by atoms with Gasteiger partial charge in [0.15, 0.2) is 5.15 Å². The first kappa shape index (κ1) is 21.3. The highest BCUT2D eigenvalue weighted by Crippen LogP contribution is 2.19. The summed E-state index contributed by atoms with van der Waals surface area (Å²) in [5.74, 6) is -1.05. The third-order valence-electron chi connectivity index (χ3n) is 4.67. The lowest BCUT2D eigenvalue weighted by Gasteiger charge is -2.08. The Morgan fingerprint density at radius 1 is 1.06 bits per heavy atom. The quantitative estimate of drug-likeness (QED) is 0.419. The number of imidazole rings is 1. The van der Waals surface area contributed by atoms with E-state index >= 15 is 0 Å². The third-order valence-corrected chi connectivity index (χ3v) is 4.95. The molecule has 32 heavy (non-hydrogen) atoms. The number of benzene rings is 2. The standard InChI is InChI=1S/C24H18ClFN4O2/c25-23-20(30-13-2-1-6-21(30)29-23)11-12-22(31)27-15-16-4-3-5-19(14-16)28-24(32)17-7-9-18(26)10-8-17/h1-14H,15H2,(H,27,31)(H,28,32)/b12-11+. The number of hydrogen-bond acceptors (Lipinski definition) is 3. The predicted octanol–water partition coefficient (Wildman–Crippen LogP) is 4.71. The molecule has 0 aliphatic heterocycles. The maximum atomic E-state index is 13.0. The molecule has 0 atom stereocenters. The van der Waals surface area contributed by atoms with Crippen molar-refractivity contribution in [3.63, 3.8) is 0 Å². The Morgan fingerprint density at radius 3 is 2.69 bits per heavy atom. The van der Waals surface area contributed by atoms with Crippen LogP contribution in [0.4, 0.5) is 10.1 Å². The number of halogens is 2. The fraction of sp³-hybridized carbons (Fsp3) is 0.0417. The Hall–Kier alpha value is -3.97. The minimum atomic E-state index is -0.406. The summed E-state index contributed by atoms with van der Waals surface area (Å²) in [6.07, 6.45) is 4.82. The van der Waals surface area contributed by atoms with Crippen LogP contribution in [0.25, 0.3) is 11.7 Å². The second kappa shape index (κ2) is 9.45. The molecule has 0 saturated carbocycles. The van der Waals surface area contributed by atoms with Crippen molar-refractivity contribution in [1.82, 2.24) is 14.7 Å². The van der Waals surface area contributed by atoms with Gasteiger partial charge in [0.25, 0.3) is 5.91 Å². The van der Waals surface area contributed by atoms with Crippen molar-refractivity contribution in [3.8, 4) is 0 Å². The van der Waals surface area contributed by atoms with Gasteiger partial charge in [0.1, 0.15) is 11.5 Å². The summed E-state index contributed by atoms with van der Waals surface area (Å²) in [4.78, 5) is 28.8. The summed E-state index contributed by atoms with van der Waals surface area (Å²) >= 11 is 6.17. The van der Waals surface area contributed by atoms with E-state index in [9.17, 15) is 14.0 Å². The number of carbonyl (C=O) groups is 2. The molecule has 6 nitrogen and oxygen atoms in total. The zero-order chi connectivity index (χ0) is 22.5. The third kappa shape index (κ3) is 5.01. The van der Waals surface area contributed by atoms with E-state index in [1.165, 1.54) is 30.3 Å². The Balaban J connectivity index is 1.37. The van der Waals surface area contributed by atoms with Gasteiger partial charge in [-0.25, -0.2) is 9.37 Å². The van der Waals surface area contributed by atoms with Gasteiger partial charge in [-0.05, 0) is 60.2 Å². The van der Waals surface area contributed by atoms with E-state index in [0.29, 0.717) is 27.7 Å². The number of hydrogen-bond donors (Lipinski definition) is 2. The van der Waals surface area contributed by atoms with Gasteiger partial charge in [0.2, 0.25) is 5.91 Å². The highest BCUT2D eigenvalue weighted by Gasteiger charge is 2.08. The van der Waals surface area contributed by atoms with Gasteiger partial charge in [0, 0.05) is 30.1 Å². The van der Waals surface area contributed by atoms with Crippen LogP contribution in [0.3, 0.4) is 0 Å². The van der Waals surface area contributed by atoms with Crippen LogP contribution in [0, 0.1) is 5.82 Å². The Kier molecular flexibility index (Phi) is 6.28. The predicted molar refractivity (Wildman–Crippen MR) is 122 cm³/mol.